The van der Waals surface area contributed by atoms with Crippen LogP contribution in [-0.4, -0.2) is 56.9 Å². The van der Waals surface area contributed by atoms with Gasteiger partial charge in [-0.1, -0.05) is 11.6 Å². The molecule has 0 spiro atoms. The lowest BCUT2D eigenvalue weighted by atomic mass is 9.98. The van der Waals surface area contributed by atoms with Crippen LogP contribution < -0.4 is 14.9 Å². The number of benzene rings is 2. The number of piperazine rings is 1. The lowest BCUT2D eigenvalue weighted by molar-refractivity contribution is 0.103. The van der Waals surface area contributed by atoms with E-state index in [1.165, 1.54) is 12.1 Å². The number of rotatable bonds is 8. The Bertz CT molecular complexity index is 1310. The van der Waals surface area contributed by atoms with Crippen molar-refractivity contribution in [3.05, 3.63) is 63.8 Å². The van der Waals surface area contributed by atoms with E-state index >= 15 is 0 Å². The number of anilines is 1. The number of nitrogens with zero attached hydrogens (tertiary/aromatic N) is 3. The van der Waals surface area contributed by atoms with Crippen molar-refractivity contribution in [3.63, 3.8) is 0 Å². The second kappa shape index (κ2) is 10.7. The number of halogens is 3. The van der Waals surface area contributed by atoms with Crippen molar-refractivity contribution in [2.24, 2.45) is 0 Å². The topological polar surface area (TPSA) is 104 Å². The molecular formula is C22H22ClF2N5O3S. The minimum Gasteiger partial charge on any atom is -0.353 e. The van der Waals surface area contributed by atoms with Gasteiger partial charge in [0.2, 0.25) is 10.9 Å². The summed E-state index contributed by atoms with van der Waals surface area (Å²) in [6.07, 6.45) is 2.12. The first-order chi connectivity index (χ1) is 16.3. The van der Waals surface area contributed by atoms with Gasteiger partial charge in [0.05, 0.1) is 27.8 Å². The highest BCUT2D eigenvalue weighted by atomic mass is 35.5. The van der Waals surface area contributed by atoms with Crippen LogP contribution >= 0.6 is 11.6 Å². The van der Waals surface area contributed by atoms with Crippen LogP contribution in [0.5, 0.6) is 0 Å². The molecule has 0 saturated carbocycles. The fourth-order valence-corrected chi connectivity index (χ4v) is 4.48. The van der Waals surface area contributed by atoms with Gasteiger partial charge in [-0.3, -0.25) is 9.78 Å². The number of carbonyl (C=O) groups is 1. The predicted octanol–water partition coefficient (Wildman–Crippen LogP) is 2.25. The highest BCUT2D eigenvalue weighted by molar-refractivity contribution is 7.70. The molecule has 8 nitrogen and oxygen atoms in total. The van der Waals surface area contributed by atoms with E-state index < -0.39 is 33.9 Å². The molecule has 1 saturated heterocycles. The normalized spacial score (nSPS) is 14.2. The van der Waals surface area contributed by atoms with Gasteiger partial charge in [-0.15, -0.1) is 0 Å². The fourth-order valence-electron chi connectivity index (χ4n) is 3.82. The minimum absolute atomic E-state index is 0.0987. The second-order valence-electron chi connectivity index (χ2n) is 7.79. The molecule has 4 rings (SSSR count). The van der Waals surface area contributed by atoms with Gasteiger partial charge in [-0.05, 0) is 42.7 Å². The molecule has 0 unspecified atom stereocenters. The molecule has 2 heterocycles. The summed E-state index contributed by atoms with van der Waals surface area (Å²) in [5.41, 5.74) is 0.763. The molecule has 34 heavy (non-hydrogen) atoms. The number of ketones is 1. The molecule has 0 amide bonds. The molecule has 0 aliphatic carbocycles. The third-order valence-corrected chi connectivity index (χ3v) is 6.47. The molecule has 1 aromatic heterocycles. The smallest absolute Gasteiger partial charge is 0.201 e. The minimum atomic E-state index is -2.76. The van der Waals surface area contributed by atoms with Gasteiger partial charge < -0.3 is 10.2 Å². The highest BCUT2D eigenvalue weighted by Gasteiger charge is 2.24. The van der Waals surface area contributed by atoms with Crippen molar-refractivity contribution in [3.8, 4) is 0 Å². The molecule has 0 radical (unpaired) electrons. The Hall–Kier alpha value is -2.73. The number of aromatic nitrogens is 2. The van der Waals surface area contributed by atoms with Gasteiger partial charge in [0.1, 0.15) is 5.82 Å². The number of carbonyl (C=O) groups excluding carboxylic acids is 1. The van der Waals surface area contributed by atoms with E-state index in [9.17, 15) is 22.0 Å². The maximum atomic E-state index is 14.7. The molecule has 1 aliphatic heterocycles. The van der Waals surface area contributed by atoms with E-state index in [0.29, 0.717) is 23.3 Å². The van der Waals surface area contributed by atoms with Gasteiger partial charge in [-0.25, -0.2) is 26.9 Å². The van der Waals surface area contributed by atoms with Crippen molar-refractivity contribution in [1.82, 2.24) is 20.0 Å². The summed E-state index contributed by atoms with van der Waals surface area (Å²) in [5.74, 6) is -2.64. The van der Waals surface area contributed by atoms with Gasteiger partial charge >= 0.3 is 0 Å². The molecule has 2 aromatic carbocycles. The zero-order valence-electron chi connectivity index (χ0n) is 18.0. The maximum Gasteiger partial charge on any atom is 0.201 e. The number of nitrogens with one attached hydrogen (secondary N) is 2. The van der Waals surface area contributed by atoms with Crippen LogP contribution in [0.4, 0.5) is 14.6 Å². The van der Waals surface area contributed by atoms with Crippen molar-refractivity contribution in [1.29, 1.82) is 0 Å². The Morgan fingerprint density at radius 2 is 1.94 bits per heavy atom. The monoisotopic (exact) mass is 509 g/mol. The SMILES string of the molecule is O=C(c1ccc2ncc(N3CCNCC3)nc2c1)c1c(F)c(F)cc(CCCN[SH](=O)=O)c1Cl. The molecule has 2 N–H and O–H groups in total. The molecule has 1 aliphatic rings. The van der Waals surface area contributed by atoms with E-state index in [1.54, 1.807) is 12.3 Å². The Morgan fingerprint density at radius 3 is 2.68 bits per heavy atom. The Balaban J connectivity index is 1.65. The van der Waals surface area contributed by atoms with Crippen LogP contribution in [0.25, 0.3) is 11.0 Å². The van der Waals surface area contributed by atoms with Crippen LogP contribution in [0.1, 0.15) is 27.9 Å². The first-order valence-corrected chi connectivity index (χ1v) is 12.2. The Kier molecular flexibility index (Phi) is 7.67. The van der Waals surface area contributed by atoms with Crippen LogP contribution in [0.2, 0.25) is 5.02 Å². The molecule has 3 aromatic rings. The average molecular weight is 510 g/mol. The van der Waals surface area contributed by atoms with E-state index in [-0.39, 0.29) is 29.1 Å². The van der Waals surface area contributed by atoms with E-state index in [0.717, 1.165) is 32.2 Å². The van der Waals surface area contributed by atoms with Crippen molar-refractivity contribution in [2.75, 3.05) is 37.6 Å². The molecule has 0 atom stereocenters. The number of hydrogen-bond acceptors (Lipinski definition) is 7. The van der Waals surface area contributed by atoms with Crippen molar-refractivity contribution >= 4 is 45.1 Å². The molecule has 1 fully saturated rings. The van der Waals surface area contributed by atoms with Crippen LogP contribution in [-0.2, 0) is 17.3 Å². The Labute approximate surface area is 201 Å². The number of fused-ring (bicyclic) bond motifs is 1. The lowest BCUT2D eigenvalue weighted by Gasteiger charge is -2.28. The number of aryl methyl sites for hydroxylation is 1. The van der Waals surface area contributed by atoms with E-state index in [4.69, 9.17) is 11.6 Å². The Morgan fingerprint density at radius 1 is 1.18 bits per heavy atom. The number of thiol groups is 1. The summed E-state index contributed by atoms with van der Waals surface area (Å²) in [5, 5.41) is 3.06. The molecule has 12 heteroatoms. The average Bonchev–Trinajstić information content (AvgIpc) is 2.84. The third kappa shape index (κ3) is 5.33. The highest BCUT2D eigenvalue weighted by Crippen LogP contribution is 2.30. The summed E-state index contributed by atoms with van der Waals surface area (Å²) in [6, 6.07) is 5.49. The zero-order chi connectivity index (χ0) is 24.2. The predicted molar refractivity (Wildman–Crippen MR) is 126 cm³/mol. The summed E-state index contributed by atoms with van der Waals surface area (Å²) in [6.45, 7) is 3.29. The van der Waals surface area contributed by atoms with Crippen LogP contribution in [0, 0.1) is 11.6 Å². The lowest BCUT2D eigenvalue weighted by Crippen LogP contribution is -2.43. The standard InChI is InChI=1S/C22H22ClF2N5O3S/c23-20-13(2-1-5-28-34(32)33)10-15(24)21(25)19(20)22(31)14-3-4-16-17(11-14)29-18(12-27-16)30-8-6-26-7-9-30/h3-4,10-12,26,34H,1-2,5-9H2,(H,28,32,33). The van der Waals surface area contributed by atoms with Crippen LogP contribution in [0.15, 0.2) is 30.5 Å². The number of hydrogen-bond donors (Lipinski definition) is 3. The summed E-state index contributed by atoms with van der Waals surface area (Å²) < 4.78 is 52.4. The quantitative estimate of drug-likeness (QED) is 0.185. The van der Waals surface area contributed by atoms with E-state index in [1.807, 2.05) is 0 Å². The van der Waals surface area contributed by atoms with Gasteiger partial charge in [0.25, 0.3) is 0 Å². The first kappa shape index (κ1) is 24.4. The van der Waals surface area contributed by atoms with Gasteiger partial charge in [0.15, 0.2) is 17.4 Å². The van der Waals surface area contributed by atoms with E-state index in [2.05, 4.69) is 24.9 Å². The van der Waals surface area contributed by atoms with Crippen molar-refractivity contribution < 1.29 is 22.0 Å². The fraction of sp³-hybridized carbons (Fsp3) is 0.318. The molecule has 0 bridgehead atoms. The largest absolute Gasteiger partial charge is 0.353 e. The summed E-state index contributed by atoms with van der Waals surface area (Å²) in [4.78, 5) is 24.3. The first-order valence-electron chi connectivity index (χ1n) is 10.7. The van der Waals surface area contributed by atoms with Gasteiger partial charge in [-0.2, -0.15) is 0 Å². The zero-order valence-corrected chi connectivity index (χ0v) is 19.6. The van der Waals surface area contributed by atoms with Crippen LogP contribution in [0.3, 0.4) is 0 Å². The summed E-state index contributed by atoms with van der Waals surface area (Å²) >= 11 is 6.31. The van der Waals surface area contributed by atoms with Gasteiger partial charge in [0, 0.05) is 38.3 Å². The maximum absolute atomic E-state index is 14.7. The van der Waals surface area contributed by atoms with Crippen molar-refractivity contribution in [2.45, 2.75) is 12.8 Å². The molecular weight excluding hydrogens is 488 g/mol. The molecule has 180 valence electrons. The summed E-state index contributed by atoms with van der Waals surface area (Å²) in [7, 11) is -2.76. The second-order valence-corrected chi connectivity index (χ2v) is 9.00. The third-order valence-electron chi connectivity index (χ3n) is 5.56.